The van der Waals surface area contributed by atoms with E-state index in [0.29, 0.717) is 19.4 Å². The van der Waals surface area contributed by atoms with Gasteiger partial charge in [-0.05, 0) is 43.2 Å². The van der Waals surface area contributed by atoms with Gasteiger partial charge in [-0.3, -0.25) is 20.4 Å². The van der Waals surface area contributed by atoms with Crippen LogP contribution in [0.25, 0.3) is 0 Å². The van der Waals surface area contributed by atoms with Gasteiger partial charge in [0.25, 0.3) is 11.8 Å². The monoisotopic (exact) mass is 431 g/mol. The van der Waals surface area contributed by atoms with Gasteiger partial charge < -0.3 is 4.90 Å². The largest absolute Gasteiger partial charge is 0.327 e. The Hall–Kier alpha value is -2.45. The summed E-state index contributed by atoms with van der Waals surface area (Å²) in [5, 5.41) is 0.568. The van der Waals surface area contributed by atoms with E-state index in [-0.39, 0.29) is 15.6 Å². The zero-order chi connectivity index (χ0) is 20.4. The summed E-state index contributed by atoms with van der Waals surface area (Å²) in [5.74, 6) is -5.52. The van der Waals surface area contributed by atoms with Crippen molar-refractivity contribution in [2.75, 3.05) is 12.0 Å². The fraction of sp³-hybridized carbons (Fsp3) is 0.222. The molecule has 5 nitrogen and oxygen atoms in total. The molecule has 1 unspecified atom stereocenters. The smallest absolute Gasteiger partial charge is 0.261 e. The number of hydrogen-bond acceptors (Lipinski definition) is 3. The van der Waals surface area contributed by atoms with Crippen LogP contribution < -0.4 is 10.9 Å². The van der Waals surface area contributed by atoms with E-state index in [1.54, 1.807) is 0 Å². The number of hydrazine groups is 1. The third-order valence-corrected chi connectivity index (χ3v) is 4.72. The number of halogens is 5. The lowest BCUT2D eigenvalue weighted by molar-refractivity contribution is -0.124. The molecule has 0 aliphatic carbocycles. The SMILES string of the molecule is O=C(NNc1ccc(F)c(F)c1F)C1CCCN1C(=O)c1cc(Cl)cc(Cl)c1. The maximum atomic E-state index is 13.7. The second-order valence-electron chi connectivity index (χ2n) is 6.15. The predicted octanol–water partition coefficient (Wildman–Crippen LogP) is 4.16. The molecule has 0 saturated carbocycles. The Bertz CT molecular complexity index is 922. The molecule has 2 amide bonds. The Morgan fingerprint density at radius 3 is 2.39 bits per heavy atom. The van der Waals surface area contributed by atoms with E-state index in [9.17, 15) is 22.8 Å². The molecule has 2 N–H and O–H groups in total. The van der Waals surface area contributed by atoms with Crippen molar-refractivity contribution >= 4 is 40.7 Å². The van der Waals surface area contributed by atoms with Gasteiger partial charge in [0.15, 0.2) is 17.5 Å². The van der Waals surface area contributed by atoms with Crippen LogP contribution in [0.15, 0.2) is 30.3 Å². The molecule has 1 aliphatic rings. The number of hydrogen-bond donors (Lipinski definition) is 2. The summed E-state index contributed by atoms with van der Waals surface area (Å²) in [6, 6.07) is 5.21. The molecule has 3 rings (SSSR count). The fourth-order valence-electron chi connectivity index (χ4n) is 2.96. The average molecular weight is 432 g/mol. The van der Waals surface area contributed by atoms with Gasteiger partial charge in [0.05, 0.1) is 5.69 Å². The zero-order valence-corrected chi connectivity index (χ0v) is 15.8. The minimum atomic E-state index is -1.66. The first-order valence-corrected chi connectivity index (χ1v) is 9.00. The van der Waals surface area contributed by atoms with Crippen molar-refractivity contribution in [1.29, 1.82) is 0 Å². The van der Waals surface area contributed by atoms with Gasteiger partial charge in [-0.15, -0.1) is 0 Å². The molecule has 1 fully saturated rings. The minimum Gasteiger partial charge on any atom is -0.327 e. The summed E-state index contributed by atoms with van der Waals surface area (Å²) < 4.78 is 39.9. The van der Waals surface area contributed by atoms with E-state index in [1.807, 2.05) is 0 Å². The van der Waals surface area contributed by atoms with E-state index >= 15 is 0 Å². The van der Waals surface area contributed by atoms with Crippen LogP contribution in [-0.4, -0.2) is 29.3 Å². The molecule has 10 heteroatoms. The van der Waals surface area contributed by atoms with Gasteiger partial charge in [0.2, 0.25) is 0 Å². The first-order chi connectivity index (χ1) is 13.3. The fourth-order valence-corrected chi connectivity index (χ4v) is 3.49. The lowest BCUT2D eigenvalue weighted by Crippen LogP contribution is -2.47. The van der Waals surface area contributed by atoms with Crippen molar-refractivity contribution in [2.45, 2.75) is 18.9 Å². The summed E-state index contributed by atoms with van der Waals surface area (Å²) in [7, 11) is 0. The number of nitrogens with one attached hydrogen (secondary N) is 2. The molecule has 2 aromatic carbocycles. The molecule has 1 heterocycles. The number of benzene rings is 2. The number of anilines is 1. The topological polar surface area (TPSA) is 61.4 Å². The third-order valence-electron chi connectivity index (χ3n) is 4.28. The van der Waals surface area contributed by atoms with Crippen molar-refractivity contribution in [1.82, 2.24) is 10.3 Å². The van der Waals surface area contributed by atoms with Crippen LogP contribution in [0.1, 0.15) is 23.2 Å². The highest BCUT2D eigenvalue weighted by Gasteiger charge is 2.35. The van der Waals surface area contributed by atoms with Crippen LogP contribution in [0.4, 0.5) is 18.9 Å². The van der Waals surface area contributed by atoms with E-state index in [1.165, 1.54) is 23.1 Å². The first-order valence-electron chi connectivity index (χ1n) is 8.24. The average Bonchev–Trinajstić information content (AvgIpc) is 3.14. The number of carbonyl (C=O) groups excluding carboxylic acids is 2. The molecule has 2 aromatic rings. The number of carbonyl (C=O) groups is 2. The number of likely N-dealkylation sites (tertiary alicyclic amines) is 1. The molecule has 1 atom stereocenters. The second kappa shape index (κ2) is 8.28. The van der Waals surface area contributed by atoms with Crippen LogP contribution >= 0.6 is 23.2 Å². The molecule has 0 radical (unpaired) electrons. The number of rotatable bonds is 4. The van der Waals surface area contributed by atoms with Crippen molar-refractivity contribution in [3.05, 3.63) is 63.4 Å². The lowest BCUT2D eigenvalue weighted by Gasteiger charge is -2.24. The molecule has 0 spiro atoms. The summed E-state index contributed by atoms with van der Waals surface area (Å²) in [6.07, 6.45) is 0.964. The van der Waals surface area contributed by atoms with Gasteiger partial charge >= 0.3 is 0 Å². The normalized spacial score (nSPS) is 16.2. The molecular formula is C18H14Cl2F3N3O2. The molecule has 1 saturated heterocycles. The van der Waals surface area contributed by atoms with E-state index in [0.717, 1.165) is 12.1 Å². The Labute approximate surface area is 168 Å². The summed E-state index contributed by atoms with van der Waals surface area (Å²) >= 11 is 11.8. The van der Waals surface area contributed by atoms with Gasteiger partial charge in [0.1, 0.15) is 6.04 Å². The van der Waals surface area contributed by atoms with Crippen LogP contribution in [-0.2, 0) is 4.79 Å². The Balaban J connectivity index is 1.71. The number of amides is 2. The highest BCUT2D eigenvalue weighted by molar-refractivity contribution is 6.35. The van der Waals surface area contributed by atoms with Gasteiger partial charge in [-0.1, -0.05) is 23.2 Å². The molecular weight excluding hydrogens is 418 g/mol. The van der Waals surface area contributed by atoms with Gasteiger partial charge in [-0.25, -0.2) is 13.2 Å². The molecule has 28 heavy (non-hydrogen) atoms. The Morgan fingerprint density at radius 2 is 1.71 bits per heavy atom. The quantitative estimate of drug-likeness (QED) is 0.564. The molecule has 0 aromatic heterocycles. The van der Waals surface area contributed by atoms with E-state index < -0.39 is 41.0 Å². The lowest BCUT2D eigenvalue weighted by atomic mass is 10.1. The highest BCUT2D eigenvalue weighted by atomic mass is 35.5. The second-order valence-corrected chi connectivity index (χ2v) is 7.02. The standard InChI is InChI=1S/C18H14Cl2F3N3O2/c19-10-6-9(7-11(20)8-10)18(28)26-5-1-2-14(26)17(27)25-24-13-4-3-12(21)15(22)16(13)23/h3-4,6-8,14,24H,1-2,5H2,(H,25,27). The first kappa shape index (κ1) is 20.3. The van der Waals surface area contributed by atoms with Gasteiger partial charge in [-0.2, -0.15) is 0 Å². The maximum Gasteiger partial charge on any atom is 0.261 e. The third kappa shape index (κ3) is 4.18. The van der Waals surface area contributed by atoms with E-state index in [4.69, 9.17) is 23.2 Å². The Morgan fingerprint density at radius 1 is 1.04 bits per heavy atom. The minimum absolute atomic E-state index is 0.233. The van der Waals surface area contributed by atoms with Gasteiger partial charge in [0, 0.05) is 22.2 Å². The summed E-state index contributed by atoms with van der Waals surface area (Å²) in [4.78, 5) is 26.5. The van der Waals surface area contributed by atoms with Crippen LogP contribution in [0, 0.1) is 17.5 Å². The summed E-state index contributed by atoms with van der Waals surface area (Å²) in [5.41, 5.74) is 4.23. The zero-order valence-electron chi connectivity index (χ0n) is 14.2. The van der Waals surface area contributed by atoms with Crippen molar-refractivity contribution in [2.24, 2.45) is 0 Å². The van der Waals surface area contributed by atoms with Crippen LogP contribution in [0.2, 0.25) is 10.0 Å². The molecule has 148 valence electrons. The van der Waals surface area contributed by atoms with Crippen LogP contribution in [0.5, 0.6) is 0 Å². The summed E-state index contributed by atoms with van der Waals surface area (Å²) in [6.45, 7) is 0.334. The van der Waals surface area contributed by atoms with Crippen molar-refractivity contribution in [3.63, 3.8) is 0 Å². The van der Waals surface area contributed by atoms with Crippen molar-refractivity contribution in [3.8, 4) is 0 Å². The van der Waals surface area contributed by atoms with E-state index in [2.05, 4.69) is 10.9 Å². The van der Waals surface area contributed by atoms with Crippen molar-refractivity contribution < 1.29 is 22.8 Å². The maximum absolute atomic E-state index is 13.7. The molecule has 1 aliphatic heterocycles. The predicted molar refractivity (Wildman–Crippen MR) is 98.6 cm³/mol. The Kier molecular flexibility index (Phi) is 6.00. The number of nitrogens with zero attached hydrogens (tertiary/aromatic N) is 1. The highest BCUT2D eigenvalue weighted by Crippen LogP contribution is 2.25. The molecule has 0 bridgehead atoms. The van der Waals surface area contributed by atoms with Crippen LogP contribution in [0.3, 0.4) is 0 Å².